The first-order chi connectivity index (χ1) is 7.39. The topological polar surface area (TPSA) is 15.8 Å². The number of aromatic nitrogens is 1. The molecule has 2 aromatic rings. The van der Waals surface area contributed by atoms with Crippen LogP contribution in [0.2, 0.25) is 0 Å². The highest BCUT2D eigenvalue weighted by molar-refractivity contribution is 5.85. The van der Waals surface area contributed by atoms with E-state index in [1.54, 1.807) is 0 Å². The fourth-order valence-corrected chi connectivity index (χ4v) is 2.14. The van der Waals surface area contributed by atoms with Crippen LogP contribution < -0.4 is 0 Å². The van der Waals surface area contributed by atoms with Crippen molar-refractivity contribution >= 4 is 10.9 Å². The molecular weight excluding hydrogens is 194 g/mol. The number of hydrogen-bond acceptors (Lipinski definition) is 0. The van der Waals surface area contributed by atoms with Gasteiger partial charge in [-0.3, -0.25) is 0 Å². The molecule has 0 amide bonds. The van der Waals surface area contributed by atoms with Crippen molar-refractivity contribution in [3.8, 4) is 0 Å². The SMILES string of the molecule is CC(C)c1cc2c(C(C)(C)C)cccc2[nH]1. The normalized spacial score (nSPS) is 12.6. The van der Waals surface area contributed by atoms with Gasteiger partial charge in [0.05, 0.1) is 0 Å². The van der Waals surface area contributed by atoms with Gasteiger partial charge in [0.2, 0.25) is 0 Å². The summed E-state index contributed by atoms with van der Waals surface area (Å²) >= 11 is 0. The number of H-pyrrole nitrogens is 1. The average Bonchev–Trinajstić information content (AvgIpc) is 2.58. The van der Waals surface area contributed by atoms with E-state index in [9.17, 15) is 0 Å². The first-order valence-corrected chi connectivity index (χ1v) is 6.01. The molecule has 1 nitrogen and oxygen atoms in total. The Kier molecular flexibility index (Phi) is 2.57. The predicted octanol–water partition coefficient (Wildman–Crippen LogP) is 4.59. The molecule has 0 saturated heterocycles. The van der Waals surface area contributed by atoms with E-state index in [0.29, 0.717) is 5.92 Å². The van der Waals surface area contributed by atoms with E-state index in [1.165, 1.54) is 22.2 Å². The summed E-state index contributed by atoms with van der Waals surface area (Å²) in [6.45, 7) is 11.3. The van der Waals surface area contributed by atoms with Crippen LogP contribution in [0.3, 0.4) is 0 Å². The third-order valence-electron chi connectivity index (χ3n) is 3.11. The lowest BCUT2D eigenvalue weighted by Gasteiger charge is -2.19. The molecule has 16 heavy (non-hydrogen) atoms. The lowest BCUT2D eigenvalue weighted by atomic mass is 9.85. The third kappa shape index (κ3) is 1.87. The van der Waals surface area contributed by atoms with Gasteiger partial charge in [-0.15, -0.1) is 0 Å². The molecule has 0 aliphatic carbocycles. The fraction of sp³-hybridized carbons (Fsp3) is 0.467. The molecule has 0 atom stereocenters. The van der Waals surface area contributed by atoms with Gasteiger partial charge in [0.25, 0.3) is 0 Å². The number of fused-ring (bicyclic) bond motifs is 1. The Balaban J connectivity index is 2.68. The van der Waals surface area contributed by atoms with Gasteiger partial charge >= 0.3 is 0 Å². The molecule has 1 heteroatoms. The lowest BCUT2D eigenvalue weighted by molar-refractivity contribution is 0.596. The monoisotopic (exact) mass is 215 g/mol. The van der Waals surface area contributed by atoms with E-state index < -0.39 is 0 Å². The Labute approximate surface area is 97.9 Å². The molecule has 0 saturated carbocycles. The molecule has 0 aliphatic rings. The van der Waals surface area contributed by atoms with Crippen molar-refractivity contribution in [1.29, 1.82) is 0 Å². The summed E-state index contributed by atoms with van der Waals surface area (Å²) in [6, 6.07) is 8.85. The second-order valence-electron chi connectivity index (χ2n) is 5.90. The number of rotatable bonds is 1. The smallest absolute Gasteiger partial charge is 0.0459 e. The Bertz CT molecular complexity index is 498. The van der Waals surface area contributed by atoms with Crippen LogP contribution in [-0.4, -0.2) is 4.98 Å². The first kappa shape index (κ1) is 11.3. The molecule has 2 rings (SSSR count). The molecule has 0 spiro atoms. The van der Waals surface area contributed by atoms with Crippen LogP contribution in [0.15, 0.2) is 24.3 Å². The predicted molar refractivity (Wildman–Crippen MR) is 71.1 cm³/mol. The lowest BCUT2D eigenvalue weighted by Crippen LogP contribution is -2.10. The summed E-state index contributed by atoms with van der Waals surface area (Å²) in [5.74, 6) is 0.556. The Morgan fingerprint density at radius 1 is 1.12 bits per heavy atom. The van der Waals surface area contributed by atoms with Crippen LogP contribution in [0, 0.1) is 0 Å². The number of aromatic amines is 1. The molecule has 1 N–H and O–H groups in total. The van der Waals surface area contributed by atoms with Gasteiger partial charge in [0.15, 0.2) is 0 Å². The molecule has 1 aromatic carbocycles. The third-order valence-corrected chi connectivity index (χ3v) is 3.11. The van der Waals surface area contributed by atoms with Crippen molar-refractivity contribution in [2.45, 2.75) is 46.0 Å². The van der Waals surface area contributed by atoms with Crippen molar-refractivity contribution in [3.05, 3.63) is 35.5 Å². The molecule has 1 heterocycles. The standard InChI is InChI=1S/C15H21N/c1-10(2)14-9-11-12(15(3,4)5)7-6-8-13(11)16-14/h6-10,16H,1-5H3. The largest absolute Gasteiger partial charge is 0.358 e. The van der Waals surface area contributed by atoms with Crippen molar-refractivity contribution in [2.75, 3.05) is 0 Å². The minimum atomic E-state index is 0.204. The van der Waals surface area contributed by atoms with Gasteiger partial charge in [-0.05, 0) is 29.0 Å². The van der Waals surface area contributed by atoms with Crippen molar-refractivity contribution in [2.24, 2.45) is 0 Å². The summed E-state index contributed by atoms with van der Waals surface area (Å²) < 4.78 is 0. The number of nitrogens with one attached hydrogen (secondary N) is 1. The zero-order valence-electron chi connectivity index (χ0n) is 10.9. The summed E-state index contributed by atoms with van der Waals surface area (Å²) in [6.07, 6.45) is 0. The molecule has 0 unspecified atom stereocenters. The van der Waals surface area contributed by atoms with Crippen LogP contribution in [-0.2, 0) is 5.41 Å². The minimum absolute atomic E-state index is 0.204. The van der Waals surface area contributed by atoms with Gasteiger partial charge in [-0.1, -0.05) is 46.8 Å². The summed E-state index contributed by atoms with van der Waals surface area (Å²) in [4.78, 5) is 3.51. The summed E-state index contributed by atoms with van der Waals surface area (Å²) in [5.41, 5.74) is 4.21. The van der Waals surface area contributed by atoms with Crippen molar-refractivity contribution in [1.82, 2.24) is 4.98 Å². The minimum Gasteiger partial charge on any atom is -0.358 e. The zero-order chi connectivity index (χ0) is 11.9. The van der Waals surface area contributed by atoms with Crippen LogP contribution >= 0.6 is 0 Å². The second-order valence-corrected chi connectivity index (χ2v) is 5.90. The van der Waals surface area contributed by atoms with Gasteiger partial charge in [0.1, 0.15) is 0 Å². The van der Waals surface area contributed by atoms with E-state index >= 15 is 0 Å². The highest BCUT2D eigenvalue weighted by atomic mass is 14.7. The van der Waals surface area contributed by atoms with Gasteiger partial charge in [-0.2, -0.15) is 0 Å². The van der Waals surface area contributed by atoms with Crippen LogP contribution in [0.5, 0.6) is 0 Å². The molecule has 0 radical (unpaired) electrons. The Hall–Kier alpha value is -1.24. The quantitative estimate of drug-likeness (QED) is 0.716. The van der Waals surface area contributed by atoms with Crippen LogP contribution in [0.4, 0.5) is 0 Å². The van der Waals surface area contributed by atoms with Gasteiger partial charge < -0.3 is 4.98 Å². The highest BCUT2D eigenvalue weighted by Gasteiger charge is 2.17. The number of benzene rings is 1. The number of hydrogen-bond donors (Lipinski definition) is 1. The maximum atomic E-state index is 3.51. The Morgan fingerprint density at radius 2 is 1.81 bits per heavy atom. The molecule has 86 valence electrons. The van der Waals surface area contributed by atoms with E-state index in [1.807, 2.05) is 0 Å². The first-order valence-electron chi connectivity index (χ1n) is 6.01. The molecule has 0 bridgehead atoms. The molecular formula is C15H21N. The maximum absolute atomic E-state index is 3.51. The summed E-state index contributed by atoms with van der Waals surface area (Å²) in [5, 5.41) is 1.37. The van der Waals surface area contributed by atoms with Crippen LogP contribution in [0.25, 0.3) is 10.9 Å². The van der Waals surface area contributed by atoms with Gasteiger partial charge in [-0.25, -0.2) is 0 Å². The highest BCUT2D eigenvalue weighted by Crippen LogP contribution is 2.31. The second kappa shape index (κ2) is 3.65. The van der Waals surface area contributed by atoms with E-state index in [4.69, 9.17) is 0 Å². The summed E-state index contributed by atoms with van der Waals surface area (Å²) in [7, 11) is 0. The van der Waals surface area contributed by atoms with E-state index in [0.717, 1.165) is 0 Å². The molecule has 0 fully saturated rings. The van der Waals surface area contributed by atoms with Crippen LogP contribution in [0.1, 0.15) is 51.8 Å². The molecule has 0 aliphatic heterocycles. The van der Waals surface area contributed by atoms with Crippen molar-refractivity contribution < 1.29 is 0 Å². The van der Waals surface area contributed by atoms with E-state index in [-0.39, 0.29) is 5.41 Å². The zero-order valence-corrected chi connectivity index (χ0v) is 10.9. The van der Waals surface area contributed by atoms with E-state index in [2.05, 4.69) is 63.9 Å². The molecule has 1 aromatic heterocycles. The Morgan fingerprint density at radius 3 is 2.38 bits per heavy atom. The fourth-order valence-electron chi connectivity index (χ4n) is 2.14. The van der Waals surface area contributed by atoms with Gasteiger partial charge in [0, 0.05) is 16.6 Å². The van der Waals surface area contributed by atoms with Crippen molar-refractivity contribution in [3.63, 3.8) is 0 Å². The maximum Gasteiger partial charge on any atom is 0.0459 e. The average molecular weight is 215 g/mol.